The van der Waals surface area contributed by atoms with Crippen LogP contribution in [0.15, 0.2) is 207 Å². The molecule has 7 aromatic carbocycles. The molecule has 6 heteroatoms. The summed E-state index contributed by atoms with van der Waals surface area (Å²) in [5.41, 5.74) is 19.4. The van der Waals surface area contributed by atoms with Crippen molar-refractivity contribution in [1.29, 1.82) is 0 Å². The van der Waals surface area contributed by atoms with Crippen molar-refractivity contribution in [2.24, 2.45) is 0 Å². The summed E-state index contributed by atoms with van der Waals surface area (Å²) >= 11 is 0. The van der Waals surface area contributed by atoms with Gasteiger partial charge in [0.2, 0.25) is 0 Å². The van der Waals surface area contributed by atoms with E-state index in [0.29, 0.717) is 5.69 Å². The molecule has 0 fully saturated rings. The molecule has 0 amide bonds. The van der Waals surface area contributed by atoms with Gasteiger partial charge in [0.1, 0.15) is 5.69 Å². The average molecular weight is 1050 g/mol. The minimum Gasteiger partial charge on any atom is -0.527 e. The van der Waals surface area contributed by atoms with Crippen molar-refractivity contribution in [2.75, 3.05) is 0 Å². The third-order valence-electron chi connectivity index (χ3n) is 12.1. The van der Waals surface area contributed by atoms with Gasteiger partial charge in [-0.3, -0.25) is 4.85 Å². The third kappa shape index (κ3) is 10.6. The first kappa shape index (κ1) is 45.1. The maximum atomic E-state index is 9.98. The number of aryl methyl sites for hydroxylation is 4. The van der Waals surface area contributed by atoms with Crippen molar-refractivity contribution < 1.29 is 25.2 Å². The van der Waals surface area contributed by atoms with Crippen LogP contribution in [0.4, 0.5) is 5.69 Å². The zero-order chi connectivity index (χ0) is 45.4. The molecule has 0 aliphatic heterocycles. The molecule has 5 nitrogen and oxygen atoms in total. The van der Waals surface area contributed by atoms with Gasteiger partial charge in [0, 0.05) is 24.3 Å². The number of phenolic OH excluding ortho intramolecular Hbond substituents is 1. The third-order valence-corrected chi connectivity index (χ3v) is 12.1. The summed E-state index contributed by atoms with van der Waals surface area (Å²) in [5, 5.41) is 9.98. The standard InChI is InChI=1S/C62H43N4O.Ir/c1-63-56-16-8-14-52(38-56)60-31-24-43(40-64-60)20-22-45-34-46(23-21-44-25-32-61(65-41-44)53-15-9-17-57(67)39-53)36-55(35-45)59-19-6-5-18-58(59)54-30-33-62(66-42-54)51-13-7-12-50(37-51)49-28-26-48(27-29-49)47-10-3-2-4-11-47;/h2-12,16-19,24-42,67H,20-23H2;/q-3;+3. The van der Waals surface area contributed by atoms with E-state index in [-0.39, 0.29) is 25.9 Å². The average Bonchev–Trinajstić information content (AvgIpc) is 3.40. The first-order valence-electron chi connectivity index (χ1n) is 22.4. The van der Waals surface area contributed by atoms with E-state index < -0.39 is 0 Å². The minimum atomic E-state index is 0. The number of phenols is 1. The van der Waals surface area contributed by atoms with Crippen molar-refractivity contribution in [2.45, 2.75) is 25.7 Å². The molecule has 0 aliphatic carbocycles. The SMILES string of the molecule is [C-]#[N+]c1cc[c-]c(-c2ccc(CCc3cc(CCc4ccc(-c5[c-]ccc(O)c5)nc4)cc(-c4ccccc4-c4ccc(-c5[c-]ccc(-c6ccc(-c7ccccc7)cc6)c5)nc4)c3)cn2)c1.[Ir+3]. The van der Waals surface area contributed by atoms with E-state index in [4.69, 9.17) is 21.5 Å². The van der Waals surface area contributed by atoms with E-state index in [0.717, 1.165) is 104 Å². The fourth-order valence-electron chi connectivity index (χ4n) is 8.50. The molecule has 0 unspecified atom stereocenters. The van der Waals surface area contributed by atoms with Crippen LogP contribution in [-0.2, 0) is 45.8 Å². The first-order valence-corrected chi connectivity index (χ1v) is 22.4. The molecule has 0 saturated carbocycles. The predicted molar refractivity (Wildman–Crippen MR) is 270 cm³/mol. The number of hydrogen-bond acceptors (Lipinski definition) is 4. The Kier molecular flexibility index (Phi) is 14.0. The van der Waals surface area contributed by atoms with Gasteiger partial charge in [-0.1, -0.05) is 133 Å². The number of rotatable bonds is 13. The molecule has 3 aromatic heterocycles. The second kappa shape index (κ2) is 21.0. The molecule has 326 valence electrons. The Morgan fingerprint density at radius 1 is 0.397 bits per heavy atom. The molecule has 0 aliphatic rings. The molecular weight excluding hydrogens is 1010 g/mol. The maximum absolute atomic E-state index is 9.98. The summed E-state index contributed by atoms with van der Waals surface area (Å²) in [4.78, 5) is 18.0. The van der Waals surface area contributed by atoms with E-state index in [9.17, 15) is 5.11 Å². The van der Waals surface area contributed by atoms with E-state index in [1.165, 1.54) is 22.3 Å². The van der Waals surface area contributed by atoms with Crippen molar-refractivity contribution in [1.82, 2.24) is 15.0 Å². The minimum absolute atomic E-state index is 0. The second-order valence-electron chi connectivity index (χ2n) is 16.6. The van der Waals surface area contributed by atoms with Gasteiger partial charge in [-0.15, -0.1) is 89.0 Å². The summed E-state index contributed by atoms with van der Waals surface area (Å²) in [6, 6.07) is 73.6. The van der Waals surface area contributed by atoms with Gasteiger partial charge in [-0.05, 0) is 104 Å². The molecule has 10 aromatic rings. The molecule has 0 radical (unpaired) electrons. The van der Waals surface area contributed by atoms with Crippen LogP contribution < -0.4 is 0 Å². The fraction of sp³-hybridized carbons (Fsp3) is 0.0645. The van der Waals surface area contributed by atoms with Crippen LogP contribution in [0.1, 0.15) is 22.3 Å². The molecule has 68 heavy (non-hydrogen) atoms. The topological polar surface area (TPSA) is 63.3 Å². The smallest absolute Gasteiger partial charge is 0.527 e. The van der Waals surface area contributed by atoms with Crippen molar-refractivity contribution >= 4 is 5.69 Å². The van der Waals surface area contributed by atoms with Crippen LogP contribution in [0, 0.1) is 24.8 Å². The van der Waals surface area contributed by atoms with Gasteiger partial charge in [0.15, 0.2) is 0 Å². The van der Waals surface area contributed by atoms with Crippen LogP contribution >= 0.6 is 0 Å². The molecule has 0 saturated heterocycles. The first-order chi connectivity index (χ1) is 33.0. The predicted octanol–water partition coefficient (Wildman–Crippen LogP) is 14.8. The Hall–Kier alpha value is -8.07. The van der Waals surface area contributed by atoms with Gasteiger partial charge in [-0.2, -0.15) is 6.07 Å². The number of nitrogens with zero attached hydrogens (tertiary/aromatic N) is 4. The van der Waals surface area contributed by atoms with Gasteiger partial charge >= 0.3 is 20.1 Å². The largest absolute Gasteiger partial charge is 3.00 e. The van der Waals surface area contributed by atoms with Crippen LogP contribution in [0.25, 0.3) is 83.1 Å². The second-order valence-corrected chi connectivity index (χ2v) is 16.6. The number of hydrogen-bond donors (Lipinski definition) is 1. The Morgan fingerprint density at radius 3 is 1.46 bits per heavy atom. The zero-order valence-electron chi connectivity index (χ0n) is 37.0. The number of benzene rings is 7. The van der Waals surface area contributed by atoms with E-state index in [2.05, 4.69) is 150 Å². The summed E-state index contributed by atoms with van der Waals surface area (Å²) < 4.78 is 0. The van der Waals surface area contributed by atoms with Crippen LogP contribution in [-0.4, -0.2) is 20.1 Å². The Balaban J connectivity index is 0.00000578. The normalized spacial score (nSPS) is 10.8. The van der Waals surface area contributed by atoms with Gasteiger partial charge in [0.05, 0.1) is 6.57 Å². The Labute approximate surface area is 411 Å². The summed E-state index contributed by atoms with van der Waals surface area (Å²) in [6.45, 7) is 7.39. The number of pyridine rings is 3. The van der Waals surface area contributed by atoms with Crippen LogP contribution in [0.3, 0.4) is 0 Å². The summed E-state index contributed by atoms with van der Waals surface area (Å²) in [5.74, 6) is 0.196. The van der Waals surface area contributed by atoms with E-state index in [1.54, 1.807) is 30.3 Å². The number of aromatic nitrogens is 3. The van der Waals surface area contributed by atoms with Gasteiger partial charge in [0.25, 0.3) is 0 Å². The van der Waals surface area contributed by atoms with Crippen LogP contribution in [0.5, 0.6) is 5.75 Å². The molecule has 3 heterocycles. The fourth-order valence-corrected chi connectivity index (χ4v) is 8.50. The Morgan fingerprint density at radius 2 is 0.882 bits per heavy atom. The van der Waals surface area contributed by atoms with Gasteiger partial charge < -0.3 is 20.1 Å². The zero-order valence-corrected chi connectivity index (χ0v) is 39.4. The summed E-state index contributed by atoms with van der Waals surface area (Å²) in [7, 11) is 0. The quantitative estimate of drug-likeness (QED) is 0.117. The van der Waals surface area contributed by atoms with Gasteiger partial charge in [-0.25, -0.2) is 0 Å². The number of aromatic hydroxyl groups is 1. The molecular formula is C62H43IrN4O. The molecule has 0 bridgehead atoms. The monoisotopic (exact) mass is 1050 g/mol. The van der Waals surface area contributed by atoms with Crippen molar-refractivity contribution in [3.63, 3.8) is 0 Å². The van der Waals surface area contributed by atoms with Crippen molar-refractivity contribution in [3.8, 4) is 84.0 Å². The van der Waals surface area contributed by atoms with E-state index in [1.807, 2.05) is 48.9 Å². The van der Waals surface area contributed by atoms with Crippen LogP contribution in [0.2, 0.25) is 0 Å². The van der Waals surface area contributed by atoms with E-state index >= 15 is 0 Å². The van der Waals surface area contributed by atoms with Crippen molar-refractivity contribution in [3.05, 3.63) is 259 Å². The molecule has 10 rings (SSSR count). The summed E-state index contributed by atoms with van der Waals surface area (Å²) in [6.07, 6.45) is 9.15. The molecule has 1 N–H and O–H groups in total. The molecule has 0 atom stereocenters. The molecule has 0 spiro atoms. The maximum Gasteiger partial charge on any atom is 3.00 e. The Bertz CT molecular complexity index is 3350.